The van der Waals surface area contributed by atoms with Crippen molar-refractivity contribution in [2.75, 3.05) is 6.61 Å². The van der Waals surface area contributed by atoms with E-state index in [1.807, 2.05) is 6.92 Å². The molecular weight excluding hydrogens is 278 g/mol. The Morgan fingerprint density at radius 1 is 1.35 bits per heavy atom. The van der Waals surface area contributed by atoms with Crippen LogP contribution in [0.4, 0.5) is 0 Å². The summed E-state index contributed by atoms with van der Waals surface area (Å²) < 4.78 is 10.7. The van der Waals surface area contributed by atoms with Crippen molar-refractivity contribution in [3.8, 4) is 11.5 Å². The summed E-state index contributed by atoms with van der Waals surface area (Å²) in [5.41, 5.74) is 1.21. The second-order valence-electron chi connectivity index (χ2n) is 4.07. The quantitative estimate of drug-likeness (QED) is 0.631. The first-order valence-corrected chi connectivity index (χ1v) is 6.55. The summed E-state index contributed by atoms with van der Waals surface area (Å²) in [5.74, 6) is 0.787. The fourth-order valence-corrected chi connectivity index (χ4v) is 1.89. The highest BCUT2D eigenvalue weighted by Crippen LogP contribution is 2.28. The molecule has 0 unspecified atom stereocenters. The second-order valence-corrected chi connectivity index (χ2v) is 4.45. The number of nitrogens with zero attached hydrogens (tertiary/aromatic N) is 1. The van der Waals surface area contributed by atoms with Gasteiger partial charge in [0.2, 0.25) is 0 Å². The lowest BCUT2D eigenvalue weighted by Crippen LogP contribution is -2.07. The van der Waals surface area contributed by atoms with Gasteiger partial charge in [-0.25, -0.2) is 9.78 Å². The van der Waals surface area contributed by atoms with Crippen molar-refractivity contribution in [3.63, 3.8) is 0 Å². The lowest BCUT2D eigenvalue weighted by molar-refractivity contribution is 0.0525. The Balaban J connectivity index is 2.29. The van der Waals surface area contributed by atoms with Crippen LogP contribution in [0.5, 0.6) is 11.5 Å². The predicted octanol–water partition coefficient (Wildman–Crippen LogP) is 4.01. The van der Waals surface area contributed by atoms with E-state index in [-0.39, 0.29) is 5.97 Å². The molecule has 2 aromatic rings. The summed E-state index contributed by atoms with van der Waals surface area (Å²) in [6.45, 7) is 3.92. The van der Waals surface area contributed by atoms with E-state index in [1.165, 1.54) is 0 Å². The zero-order valence-corrected chi connectivity index (χ0v) is 12.0. The van der Waals surface area contributed by atoms with Gasteiger partial charge in [0.1, 0.15) is 16.7 Å². The van der Waals surface area contributed by atoms with Gasteiger partial charge in [-0.15, -0.1) is 0 Å². The third-order valence-corrected chi connectivity index (χ3v) is 2.91. The Hall–Kier alpha value is -2.07. The minimum absolute atomic E-state index is 0.337. The molecule has 0 bridgehead atoms. The van der Waals surface area contributed by atoms with Gasteiger partial charge in [-0.3, -0.25) is 0 Å². The molecule has 0 N–H and O–H groups in total. The van der Waals surface area contributed by atoms with Gasteiger partial charge >= 0.3 is 5.97 Å². The molecule has 0 atom stereocenters. The topological polar surface area (TPSA) is 48.4 Å². The van der Waals surface area contributed by atoms with Crippen LogP contribution in [0.3, 0.4) is 0 Å². The van der Waals surface area contributed by atoms with Gasteiger partial charge in [-0.1, -0.05) is 17.7 Å². The molecule has 0 fully saturated rings. The van der Waals surface area contributed by atoms with Crippen molar-refractivity contribution in [2.45, 2.75) is 13.8 Å². The van der Waals surface area contributed by atoms with E-state index < -0.39 is 0 Å². The largest absolute Gasteiger partial charge is 0.462 e. The molecule has 0 radical (unpaired) electrons. The normalized spacial score (nSPS) is 10.2. The minimum Gasteiger partial charge on any atom is -0.462 e. The molecule has 0 saturated heterocycles. The summed E-state index contributed by atoms with van der Waals surface area (Å²) in [7, 11) is 0. The van der Waals surface area contributed by atoms with E-state index >= 15 is 0 Å². The molecule has 0 saturated carbocycles. The fraction of sp³-hybridized carbons (Fsp3) is 0.200. The highest BCUT2D eigenvalue weighted by molar-refractivity contribution is 6.29. The molecule has 0 amide bonds. The molecule has 104 valence electrons. The van der Waals surface area contributed by atoms with Crippen molar-refractivity contribution in [2.24, 2.45) is 0 Å². The van der Waals surface area contributed by atoms with E-state index in [2.05, 4.69) is 4.98 Å². The SMILES string of the molecule is CCOC(=O)c1cccc(Oc2ccnc(Cl)c2)c1C. The van der Waals surface area contributed by atoms with E-state index in [1.54, 1.807) is 43.5 Å². The van der Waals surface area contributed by atoms with Crippen LogP contribution < -0.4 is 4.74 Å². The molecule has 0 spiro atoms. The smallest absolute Gasteiger partial charge is 0.338 e. The second kappa shape index (κ2) is 6.39. The highest BCUT2D eigenvalue weighted by Gasteiger charge is 2.13. The van der Waals surface area contributed by atoms with Gasteiger partial charge in [0.05, 0.1) is 12.2 Å². The number of hydrogen-bond donors (Lipinski definition) is 0. The highest BCUT2D eigenvalue weighted by atomic mass is 35.5. The number of benzene rings is 1. The van der Waals surface area contributed by atoms with Crippen LogP contribution in [0.2, 0.25) is 5.15 Å². The van der Waals surface area contributed by atoms with Crippen LogP contribution in [0, 0.1) is 6.92 Å². The maximum atomic E-state index is 11.8. The number of aromatic nitrogens is 1. The molecule has 4 nitrogen and oxygen atoms in total. The van der Waals surface area contributed by atoms with E-state index in [0.29, 0.717) is 28.8 Å². The third kappa shape index (κ3) is 3.27. The van der Waals surface area contributed by atoms with Gasteiger partial charge < -0.3 is 9.47 Å². The lowest BCUT2D eigenvalue weighted by Gasteiger charge is -2.11. The maximum Gasteiger partial charge on any atom is 0.338 e. The van der Waals surface area contributed by atoms with Crippen LogP contribution in [-0.2, 0) is 4.74 Å². The van der Waals surface area contributed by atoms with Gasteiger partial charge in [-0.2, -0.15) is 0 Å². The molecule has 1 aromatic heterocycles. The zero-order chi connectivity index (χ0) is 14.5. The number of pyridine rings is 1. The number of esters is 1. The zero-order valence-electron chi connectivity index (χ0n) is 11.2. The fourth-order valence-electron chi connectivity index (χ4n) is 1.73. The standard InChI is InChI=1S/C15H14ClNO3/c1-3-19-15(18)12-5-4-6-13(10(12)2)20-11-7-8-17-14(16)9-11/h4-9H,3H2,1-2H3. The number of carbonyl (C=O) groups is 1. The molecule has 5 heteroatoms. The minimum atomic E-state index is -0.358. The molecule has 0 aliphatic heterocycles. The number of halogens is 1. The van der Waals surface area contributed by atoms with Gasteiger partial charge in [-0.05, 0) is 32.0 Å². The average molecular weight is 292 g/mol. The van der Waals surface area contributed by atoms with E-state index in [9.17, 15) is 4.79 Å². The van der Waals surface area contributed by atoms with Crippen molar-refractivity contribution < 1.29 is 14.3 Å². The summed E-state index contributed by atoms with van der Waals surface area (Å²) >= 11 is 5.81. The summed E-state index contributed by atoms with van der Waals surface area (Å²) in [6.07, 6.45) is 1.56. The van der Waals surface area contributed by atoms with Gasteiger partial charge in [0.25, 0.3) is 0 Å². The van der Waals surface area contributed by atoms with Crippen LogP contribution in [0.25, 0.3) is 0 Å². The molecule has 1 aromatic carbocycles. The maximum absolute atomic E-state index is 11.8. The van der Waals surface area contributed by atoms with Crippen LogP contribution >= 0.6 is 11.6 Å². The Morgan fingerprint density at radius 2 is 2.15 bits per heavy atom. The van der Waals surface area contributed by atoms with E-state index in [0.717, 1.165) is 5.56 Å². The number of ether oxygens (including phenoxy) is 2. The monoisotopic (exact) mass is 291 g/mol. The Labute approximate surface area is 122 Å². The summed E-state index contributed by atoms with van der Waals surface area (Å²) in [6, 6.07) is 8.55. The van der Waals surface area contributed by atoms with Crippen LogP contribution in [0.15, 0.2) is 36.5 Å². The van der Waals surface area contributed by atoms with Crippen LogP contribution in [-0.4, -0.2) is 17.6 Å². The van der Waals surface area contributed by atoms with E-state index in [4.69, 9.17) is 21.1 Å². The van der Waals surface area contributed by atoms with Gasteiger partial charge in [0, 0.05) is 17.8 Å². The summed E-state index contributed by atoms with van der Waals surface area (Å²) in [4.78, 5) is 15.7. The first-order chi connectivity index (χ1) is 9.61. The molecule has 2 rings (SSSR count). The average Bonchev–Trinajstić information content (AvgIpc) is 2.41. The molecule has 20 heavy (non-hydrogen) atoms. The number of rotatable bonds is 4. The van der Waals surface area contributed by atoms with Crippen LogP contribution in [0.1, 0.15) is 22.8 Å². The Bertz CT molecular complexity index is 628. The molecule has 1 heterocycles. The number of hydrogen-bond acceptors (Lipinski definition) is 4. The molecule has 0 aliphatic rings. The summed E-state index contributed by atoms with van der Waals surface area (Å²) in [5, 5.41) is 0.349. The Morgan fingerprint density at radius 3 is 2.85 bits per heavy atom. The first kappa shape index (κ1) is 14.3. The Kier molecular flexibility index (Phi) is 4.58. The molecule has 0 aliphatic carbocycles. The van der Waals surface area contributed by atoms with Crippen molar-refractivity contribution in [1.29, 1.82) is 0 Å². The van der Waals surface area contributed by atoms with Crippen molar-refractivity contribution >= 4 is 17.6 Å². The predicted molar refractivity (Wildman–Crippen MR) is 76.5 cm³/mol. The lowest BCUT2D eigenvalue weighted by atomic mass is 10.1. The van der Waals surface area contributed by atoms with Crippen molar-refractivity contribution in [3.05, 3.63) is 52.8 Å². The van der Waals surface area contributed by atoms with Gasteiger partial charge in [0.15, 0.2) is 0 Å². The molecular formula is C15H14ClNO3. The number of carbonyl (C=O) groups excluding carboxylic acids is 1. The first-order valence-electron chi connectivity index (χ1n) is 6.18. The van der Waals surface area contributed by atoms with Crippen molar-refractivity contribution in [1.82, 2.24) is 4.98 Å². The third-order valence-electron chi connectivity index (χ3n) is 2.71.